The summed E-state index contributed by atoms with van der Waals surface area (Å²) in [5.74, 6) is -1.40. The van der Waals surface area contributed by atoms with Gasteiger partial charge >= 0.3 is 0 Å². The lowest BCUT2D eigenvalue weighted by Gasteiger charge is -2.09. The summed E-state index contributed by atoms with van der Waals surface area (Å²) in [5.41, 5.74) is 0.852. The lowest BCUT2D eigenvalue weighted by atomic mass is 10.2. The Morgan fingerprint density at radius 1 is 1.09 bits per heavy atom. The first-order valence-electron chi connectivity index (χ1n) is 6.66. The highest BCUT2D eigenvalue weighted by Gasteiger charge is 2.12. The zero-order valence-corrected chi connectivity index (χ0v) is 12.6. The van der Waals surface area contributed by atoms with E-state index >= 15 is 0 Å². The van der Waals surface area contributed by atoms with Crippen molar-refractivity contribution in [2.45, 2.75) is 13.3 Å². The molecule has 22 heavy (non-hydrogen) atoms. The van der Waals surface area contributed by atoms with Gasteiger partial charge in [-0.2, -0.15) is 0 Å². The first-order valence-corrected chi connectivity index (χ1v) is 7.03. The maximum atomic E-state index is 13.6. The standard InChI is InChI=1S/C16H14ClFN2O2/c1-2-15(21)19-11-4-3-5-12(9-11)20-16(22)13-8-10(17)6-7-14(13)18/h3-9H,2H2,1H3,(H,19,21)(H,20,22). The number of nitrogens with one attached hydrogen (secondary N) is 2. The predicted octanol–water partition coefficient (Wildman–Crippen LogP) is 4.08. The van der Waals surface area contributed by atoms with Gasteiger partial charge in [0.1, 0.15) is 5.82 Å². The number of carbonyl (C=O) groups is 2. The van der Waals surface area contributed by atoms with E-state index in [-0.39, 0.29) is 16.5 Å². The highest BCUT2D eigenvalue weighted by atomic mass is 35.5. The third-order valence-corrected chi connectivity index (χ3v) is 3.13. The molecule has 0 radical (unpaired) electrons. The second kappa shape index (κ2) is 7.04. The molecule has 0 saturated carbocycles. The summed E-state index contributed by atoms with van der Waals surface area (Å²) in [7, 11) is 0. The van der Waals surface area contributed by atoms with Crippen LogP contribution in [0.15, 0.2) is 42.5 Å². The van der Waals surface area contributed by atoms with Crippen molar-refractivity contribution in [3.05, 3.63) is 58.9 Å². The van der Waals surface area contributed by atoms with Crippen LogP contribution in [0.3, 0.4) is 0 Å². The van der Waals surface area contributed by atoms with Crippen LogP contribution in [0.1, 0.15) is 23.7 Å². The Kier molecular flexibility index (Phi) is 5.12. The summed E-state index contributed by atoms with van der Waals surface area (Å²) in [5, 5.41) is 5.52. The lowest BCUT2D eigenvalue weighted by Crippen LogP contribution is -2.14. The summed E-state index contributed by atoms with van der Waals surface area (Å²) in [6.07, 6.45) is 0.352. The number of rotatable bonds is 4. The van der Waals surface area contributed by atoms with Crippen LogP contribution in [0.25, 0.3) is 0 Å². The summed E-state index contributed by atoms with van der Waals surface area (Å²) in [6, 6.07) is 10.4. The fraction of sp³-hybridized carbons (Fsp3) is 0.125. The maximum absolute atomic E-state index is 13.6. The van der Waals surface area contributed by atoms with Gasteiger partial charge in [-0.15, -0.1) is 0 Å². The molecule has 2 rings (SSSR count). The summed E-state index contributed by atoms with van der Waals surface area (Å²) in [6.45, 7) is 1.74. The third kappa shape index (κ3) is 4.05. The molecule has 2 amide bonds. The van der Waals surface area contributed by atoms with Crippen molar-refractivity contribution < 1.29 is 14.0 Å². The Bertz CT molecular complexity index is 719. The Labute approximate surface area is 132 Å². The average molecular weight is 321 g/mol. The van der Waals surface area contributed by atoms with Crippen molar-refractivity contribution in [3.8, 4) is 0 Å². The Hall–Kier alpha value is -2.40. The quantitative estimate of drug-likeness (QED) is 0.891. The largest absolute Gasteiger partial charge is 0.326 e. The monoisotopic (exact) mass is 320 g/mol. The Morgan fingerprint density at radius 2 is 1.77 bits per heavy atom. The molecule has 0 bridgehead atoms. The molecule has 4 nitrogen and oxygen atoms in total. The molecule has 2 aromatic carbocycles. The number of hydrogen-bond acceptors (Lipinski definition) is 2. The van der Waals surface area contributed by atoms with Gasteiger partial charge in [-0.3, -0.25) is 9.59 Å². The molecule has 0 aromatic heterocycles. The highest BCUT2D eigenvalue weighted by molar-refractivity contribution is 6.31. The van der Waals surface area contributed by atoms with Crippen LogP contribution < -0.4 is 10.6 Å². The zero-order chi connectivity index (χ0) is 16.1. The second-order valence-corrected chi connectivity index (χ2v) is 5.00. The number of carbonyl (C=O) groups excluding carboxylic acids is 2. The molecule has 2 N–H and O–H groups in total. The van der Waals surface area contributed by atoms with Crippen LogP contribution in [0.4, 0.5) is 15.8 Å². The van der Waals surface area contributed by atoms with Gasteiger partial charge in [0.2, 0.25) is 5.91 Å². The molecule has 0 atom stereocenters. The molecule has 0 aliphatic carbocycles. The fourth-order valence-corrected chi connectivity index (χ4v) is 1.97. The van der Waals surface area contributed by atoms with E-state index in [1.807, 2.05) is 0 Å². The first kappa shape index (κ1) is 16.0. The molecule has 0 heterocycles. The maximum Gasteiger partial charge on any atom is 0.258 e. The van der Waals surface area contributed by atoms with Crippen LogP contribution in [-0.2, 0) is 4.79 Å². The molecular weight excluding hydrogens is 307 g/mol. The second-order valence-electron chi connectivity index (χ2n) is 4.56. The molecule has 0 unspecified atom stereocenters. The predicted molar refractivity (Wildman–Crippen MR) is 84.7 cm³/mol. The van der Waals surface area contributed by atoms with E-state index in [0.29, 0.717) is 17.8 Å². The van der Waals surface area contributed by atoms with Crippen LogP contribution in [0.2, 0.25) is 5.02 Å². The van der Waals surface area contributed by atoms with Gasteiger partial charge in [-0.25, -0.2) is 4.39 Å². The third-order valence-electron chi connectivity index (χ3n) is 2.90. The molecule has 0 fully saturated rings. The van der Waals surface area contributed by atoms with Crippen molar-refractivity contribution in [3.63, 3.8) is 0 Å². The molecule has 0 aliphatic heterocycles. The van der Waals surface area contributed by atoms with Crippen LogP contribution in [-0.4, -0.2) is 11.8 Å². The van der Waals surface area contributed by atoms with E-state index < -0.39 is 11.7 Å². The first-order chi connectivity index (χ1) is 10.5. The van der Waals surface area contributed by atoms with E-state index in [4.69, 9.17) is 11.6 Å². The number of benzene rings is 2. The van der Waals surface area contributed by atoms with Crippen molar-refractivity contribution in [1.82, 2.24) is 0 Å². The number of halogens is 2. The van der Waals surface area contributed by atoms with Gasteiger partial charge in [0.15, 0.2) is 0 Å². The van der Waals surface area contributed by atoms with Crippen LogP contribution in [0.5, 0.6) is 0 Å². The van der Waals surface area contributed by atoms with E-state index in [0.717, 1.165) is 6.07 Å². The van der Waals surface area contributed by atoms with Crippen molar-refractivity contribution in [2.24, 2.45) is 0 Å². The van der Waals surface area contributed by atoms with Gasteiger partial charge in [-0.1, -0.05) is 24.6 Å². The molecule has 2 aromatic rings. The summed E-state index contributed by atoms with van der Waals surface area (Å²) >= 11 is 5.77. The zero-order valence-electron chi connectivity index (χ0n) is 11.8. The molecule has 114 valence electrons. The number of amides is 2. The van der Waals surface area contributed by atoms with Crippen molar-refractivity contribution in [1.29, 1.82) is 0 Å². The van der Waals surface area contributed by atoms with Crippen molar-refractivity contribution in [2.75, 3.05) is 10.6 Å². The minimum absolute atomic E-state index is 0.135. The number of anilines is 2. The van der Waals surface area contributed by atoms with E-state index in [9.17, 15) is 14.0 Å². The minimum atomic E-state index is -0.655. The SMILES string of the molecule is CCC(=O)Nc1cccc(NC(=O)c2cc(Cl)ccc2F)c1. The fourth-order valence-electron chi connectivity index (χ4n) is 1.79. The summed E-state index contributed by atoms with van der Waals surface area (Å²) in [4.78, 5) is 23.4. The molecular formula is C16H14ClFN2O2. The van der Waals surface area contributed by atoms with Gasteiger partial charge < -0.3 is 10.6 Å². The van der Waals surface area contributed by atoms with Gasteiger partial charge in [-0.05, 0) is 36.4 Å². The van der Waals surface area contributed by atoms with Crippen LogP contribution >= 0.6 is 11.6 Å². The van der Waals surface area contributed by atoms with E-state index in [1.165, 1.54) is 12.1 Å². The van der Waals surface area contributed by atoms with Crippen LogP contribution in [0, 0.1) is 5.82 Å². The Morgan fingerprint density at radius 3 is 2.45 bits per heavy atom. The highest BCUT2D eigenvalue weighted by Crippen LogP contribution is 2.19. The van der Waals surface area contributed by atoms with E-state index in [2.05, 4.69) is 10.6 Å². The molecule has 0 spiro atoms. The van der Waals surface area contributed by atoms with E-state index in [1.54, 1.807) is 31.2 Å². The average Bonchev–Trinajstić information content (AvgIpc) is 2.49. The summed E-state index contributed by atoms with van der Waals surface area (Å²) < 4.78 is 13.6. The molecule has 6 heteroatoms. The van der Waals surface area contributed by atoms with Gasteiger partial charge in [0, 0.05) is 22.8 Å². The topological polar surface area (TPSA) is 58.2 Å². The lowest BCUT2D eigenvalue weighted by molar-refractivity contribution is -0.115. The van der Waals surface area contributed by atoms with Gasteiger partial charge in [0.25, 0.3) is 5.91 Å². The number of hydrogen-bond donors (Lipinski definition) is 2. The molecule has 0 saturated heterocycles. The normalized spacial score (nSPS) is 10.1. The van der Waals surface area contributed by atoms with Gasteiger partial charge in [0.05, 0.1) is 5.56 Å². The molecule has 0 aliphatic rings. The van der Waals surface area contributed by atoms with Crippen molar-refractivity contribution >= 4 is 34.8 Å². The Balaban J connectivity index is 2.16. The smallest absolute Gasteiger partial charge is 0.258 e. The minimum Gasteiger partial charge on any atom is -0.326 e.